The minimum atomic E-state index is -0.685. The molecule has 122 valence electrons. The topological polar surface area (TPSA) is 49.8 Å². The van der Waals surface area contributed by atoms with Gasteiger partial charge in [0.1, 0.15) is 17.2 Å². The number of nitrogens with zero attached hydrogens (tertiary/aromatic N) is 1. The van der Waals surface area contributed by atoms with Gasteiger partial charge >= 0.3 is 5.97 Å². The zero-order valence-electron chi connectivity index (χ0n) is 13.0. The lowest BCUT2D eigenvalue weighted by atomic mass is 10.0. The van der Waals surface area contributed by atoms with Crippen LogP contribution < -0.4 is 0 Å². The molecule has 0 saturated carbocycles. The van der Waals surface area contributed by atoms with Crippen LogP contribution in [0, 0.1) is 11.6 Å². The monoisotopic (exact) mass is 313 g/mol. The van der Waals surface area contributed by atoms with E-state index in [1.807, 2.05) is 0 Å². The molecule has 0 amide bonds. The second-order valence-corrected chi connectivity index (χ2v) is 6.59. The van der Waals surface area contributed by atoms with Gasteiger partial charge in [0.15, 0.2) is 0 Å². The van der Waals surface area contributed by atoms with Crippen LogP contribution in [0.25, 0.3) is 0 Å². The summed E-state index contributed by atoms with van der Waals surface area (Å²) >= 11 is 0. The van der Waals surface area contributed by atoms with Crippen molar-refractivity contribution in [1.82, 2.24) is 4.90 Å². The van der Waals surface area contributed by atoms with Crippen LogP contribution in [0.4, 0.5) is 8.78 Å². The van der Waals surface area contributed by atoms with Gasteiger partial charge in [0.25, 0.3) is 0 Å². The van der Waals surface area contributed by atoms with Crippen molar-refractivity contribution in [3.8, 4) is 0 Å². The number of aliphatic hydroxyl groups excluding tert-OH is 1. The number of benzene rings is 1. The predicted molar refractivity (Wildman–Crippen MR) is 77.1 cm³/mol. The van der Waals surface area contributed by atoms with E-state index in [4.69, 9.17) is 4.74 Å². The van der Waals surface area contributed by atoms with Gasteiger partial charge in [-0.25, -0.2) is 8.78 Å². The van der Waals surface area contributed by atoms with E-state index in [0.717, 1.165) is 18.2 Å². The van der Waals surface area contributed by atoms with E-state index in [9.17, 15) is 18.7 Å². The van der Waals surface area contributed by atoms with Gasteiger partial charge in [0, 0.05) is 18.2 Å². The first-order valence-corrected chi connectivity index (χ1v) is 7.24. The molecule has 0 bridgehead atoms. The maximum Gasteiger partial charge on any atom is 0.320 e. The van der Waals surface area contributed by atoms with Gasteiger partial charge < -0.3 is 9.84 Å². The van der Waals surface area contributed by atoms with Crippen LogP contribution in [0.2, 0.25) is 0 Å². The number of esters is 1. The number of hydrogen-bond donors (Lipinski definition) is 1. The van der Waals surface area contributed by atoms with Crippen molar-refractivity contribution in [3.05, 3.63) is 35.4 Å². The molecule has 1 aromatic rings. The highest BCUT2D eigenvalue weighted by Gasteiger charge is 2.35. The number of β-amino-alcohol motifs (C(OH)–C–C–N with tert-alkyl or cyclic N) is 1. The minimum Gasteiger partial charge on any atom is -0.459 e. The first-order chi connectivity index (χ1) is 10.2. The predicted octanol–water partition coefficient (Wildman–Crippen LogP) is 2.41. The highest BCUT2D eigenvalue weighted by molar-refractivity contribution is 5.72. The fraction of sp³-hybridized carbons (Fsp3) is 0.562. The molecule has 22 heavy (non-hydrogen) atoms. The van der Waals surface area contributed by atoms with Crippen LogP contribution >= 0.6 is 0 Å². The molecular formula is C16H21F2NO3. The summed E-state index contributed by atoms with van der Waals surface area (Å²) in [4.78, 5) is 13.6. The highest BCUT2D eigenvalue weighted by Crippen LogP contribution is 2.33. The number of hydrogen-bond acceptors (Lipinski definition) is 4. The maximum absolute atomic E-state index is 13.9. The van der Waals surface area contributed by atoms with Crippen molar-refractivity contribution in [2.24, 2.45) is 0 Å². The van der Waals surface area contributed by atoms with Gasteiger partial charge in [-0.15, -0.1) is 0 Å². The molecule has 6 heteroatoms. The molecule has 1 heterocycles. The summed E-state index contributed by atoms with van der Waals surface area (Å²) in [5.74, 6) is -1.55. The second-order valence-electron chi connectivity index (χ2n) is 6.59. The minimum absolute atomic E-state index is 0.0745. The molecule has 0 spiro atoms. The van der Waals surface area contributed by atoms with Crippen LogP contribution in [0.1, 0.15) is 38.8 Å². The summed E-state index contributed by atoms with van der Waals surface area (Å²) in [6, 6.07) is 2.67. The Balaban J connectivity index is 2.16. The normalized spacial score (nSPS) is 22.8. The molecule has 1 aliphatic rings. The largest absolute Gasteiger partial charge is 0.459 e. The van der Waals surface area contributed by atoms with Gasteiger partial charge in [0.2, 0.25) is 0 Å². The fourth-order valence-corrected chi connectivity index (χ4v) is 2.69. The molecule has 2 atom stereocenters. The van der Waals surface area contributed by atoms with E-state index in [-0.39, 0.29) is 25.1 Å². The van der Waals surface area contributed by atoms with E-state index < -0.39 is 35.4 Å². The molecule has 2 unspecified atom stereocenters. The SMILES string of the molecule is CC(C)(C)OC(=O)CN1CC(O)CC1c1cc(F)ccc1F. The molecule has 1 aliphatic heterocycles. The lowest BCUT2D eigenvalue weighted by Gasteiger charge is -2.26. The average molecular weight is 313 g/mol. The number of ether oxygens (including phenoxy) is 1. The van der Waals surface area contributed by atoms with Crippen molar-refractivity contribution in [2.75, 3.05) is 13.1 Å². The van der Waals surface area contributed by atoms with Crippen LogP contribution in [0.15, 0.2) is 18.2 Å². The van der Waals surface area contributed by atoms with Crippen LogP contribution in [0.5, 0.6) is 0 Å². The van der Waals surface area contributed by atoms with E-state index in [0.29, 0.717) is 0 Å². The van der Waals surface area contributed by atoms with Crippen molar-refractivity contribution >= 4 is 5.97 Å². The summed E-state index contributed by atoms with van der Waals surface area (Å²) in [5, 5.41) is 9.83. The summed E-state index contributed by atoms with van der Waals surface area (Å²) in [5.41, 5.74) is -0.463. The quantitative estimate of drug-likeness (QED) is 0.871. The molecular weight excluding hydrogens is 292 g/mol. The number of aliphatic hydroxyl groups is 1. The zero-order valence-corrected chi connectivity index (χ0v) is 13.0. The van der Waals surface area contributed by atoms with E-state index in [1.54, 1.807) is 25.7 Å². The highest BCUT2D eigenvalue weighted by atomic mass is 19.1. The lowest BCUT2D eigenvalue weighted by Crippen LogP contribution is -2.35. The summed E-state index contributed by atoms with van der Waals surface area (Å²) in [7, 11) is 0. The number of carbonyl (C=O) groups is 1. The Hall–Kier alpha value is -1.53. The van der Waals surface area contributed by atoms with Gasteiger partial charge in [-0.1, -0.05) is 0 Å². The number of likely N-dealkylation sites (tertiary alicyclic amines) is 1. The molecule has 1 fully saturated rings. The third kappa shape index (κ3) is 4.24. The first kappa shape index (κ1) is 16.8. The van der Waals surface area contributed by atoms with Gasteiger partial charge in [-0.05, 0) is 45.4 Å². The van der Waals surface area contributed by atoms with Crippen molar-refractivity contribution < 1.29 is 23.4 Å². The maximum atomic E-state index is 13.9. The molecule has 1 saturated heterocycles. The fourth-order valence-electron chi connectivity index (χ4n) is 2.69. The summed E-state index contributed by atoms with van der Waals surface area (Å²) in [6.07, 6.45) is -0.432. The van der Waals surface area contributed by atoms with Crippen molar-refractivity contribution in [1.29, 1.82) is 0 Å². The van der Waals surface area contributed by atoms with Gasteiger partial charge in [-0.3, -0.25) is 9.69 Å². The van der Waals surface area contributed by atoms with E-state index in [2.05, 4.69) is 0 Å². The Bertz CT molecular complexity index is 557. The number of rotatable bonds is 3. The Labute approximate surface area is 128 Å². The zero-order chi connectivity index (χ0) is 16.5. The molecule has 0 aromatic heterocycles. The average Bonchev–Trinajstić information content (AvgIpc) is 2.70. The number of halogens is 2. The molecule has 0 aliphatic carbocycles. The lowest BCUT2D eigenvalue weighted by molar-refractivity contribution is -0.156. The Morgan fingerprint density at radius 1 is 1.41 bits per heavy atom. The summed E-state index contributed by atoms with van der Waals surface area (Å²) in [6.45, 7) is 5.42. The Kier molecular flexibility index (Phi) is 4.82. The Morgan fingerprint density at radius 2 is 2.09 bits per heavy atom. The molecule has 2 rings (SSSR count). The van der Waals surface area contributed by atoms with E-state index in [1.165, 1.54) is 0 Å². The Morgan fingerprint density at radius 3 is 2.73 bits per heavy atom. The van der Waals surface area contributed by atoms with Crippen LogP contribution in [0.3, 0.4) is 0 Å². The first-order valence-electron chi connectivity index (χ1n) is 7.24. The smallest absolute Gasteiger partial charge is 0.320 e. The molecule has 1 N–H and O–H groups in total. The van der Waals surface area contributed by atoms with E-state index >= 15 is 0 Å². The third-order valence-corrected chi connectivity index (χ3v) is 3.45. The molecule has 1 aromatic carbocycles. The second kappa shape index (κ2) is 6.30. The molecule has 4 nitrogen and oxygen atoms in total. The van der Waals surface area contributed by atoms with Gasteiger partial charge in [-0.2, -0.15) is 0 Å². The van der Waals surface area contributed by atoms with Crippen molar-refractivity contribution in [2.45, 2.75) is 44.9 Å². The third-order valence-electron chi connectivity index (χ3n) is 3.45. The van der Waals surface area contributed by atoms with Crippen LogP contribution in [-0.2, 0) is 9.53 Å². The number of carbonyl (C=O) groups excluding carboxylic acids is 1. The van der Waals surface area contributed by atoms with Crippen LogP contribution in [-0.4, -0.2) is 40.8 Å². The summed E-state index contributed by atoms with van der Waals surface area (Å²) < 4.78 is 32.6. The van der Waals surface area contributed by atoms with Crippen molar-refractivity contribution in [3.63, 3.8) is 0 Å². The molecule has 0 radical (unpaired) electrons. The van der Waals surface area contributed by atoms with Gasteiger partial charge in [0.05, 0.1) is 12.6 Å². The standard InChI is InChI=1S/C16H21F2NO3/c1-16(2,3)22-15(21)9-19-8-11(20)7-14(19)12-6-10(17)4-5-13(12)18/h4-6,11,14,20H,7-9H2,1-3H3.